The van der Waals surface area contributed by atoms with Crippen molar-refractivity contribution in [3.8, 4) is 5.69 Å². The fourth-order valence-corrected chi connectivity index (χ4v) is 5.93. The van der Waals surface area contributed by atoms with Gasteiger partial charge in [0.25, 0.3) is 0 Å². The van der Waals surface area contributed by atoms with Crippen molar-refractivity contribution in [1.82, 2.24) is 14.8 Å². The summed E-state index contributed by atoms with van der Waals surface area (Å²) >= 11 is 6.39. The molecule has 6 nitrogen and oxygen atoms in total. The van der Waals surface area contributed by atoms with Gasteiger partial charge in [0.05, 0.1) is 17.1 Å². The normalized spacial score (nSPS) is 19.4. The maximum Gasteiger partial charge on any atom is 0.318 e. The molecule has 36 heavy (non-hydrogen) atoms. The number of halogens is 1. The van der Waals surface area contributed by atoms with Gasteiger partial charge < -0.3 is 14.8 Å². The van der Waals surface area contributed by atoms with Gasteiger partial charge in [0.15, 0.2) is 0 Å². The third kappa shape index (κ3) is 4.39. The van der Waals surface area contributed by atoms with E-state index in [1.54, 1.807) is 4.90 Å². The quantitative estimate of drug-likeness (QED) is 0.460. The number of carbonyl (C=O) groups excluding carboxylic acids is 2. The van der Waals surface area contributed by atoms with E-state index in [9.17, 15) is 9.59 Å². The van der Waals surface area contributed by atoms with Crippen molar-refractivity contribution >= 4 is 29.2 Å². The van der Waals surface area contributed by atoms with Gasteiger partial charge in [-0.25, -0.2) is 4.79 Å². The van der Waals surface area contributed by atoms with Crippen molar-refractivity contribution < 1.29 is 9.59 Å². The molecule has 1 N–H and O–H groups in total. The molecule has 7 heteroatoms. The van der Waals surface area contributed by atoms with E-state index in [0.717, 1.165) is 61.2 Å². The lowest BCUT2D eigenvalue weighted by Crippen LogP contribution is -2.51. The lowest BCUT2D eigenvalue weighted by molar-refractivity contribution is -0.119. The van der Waals surface area contributed by atoms with Crippen LogP contribution in [0.15, 0.2) is 66.9 Å². The van der Waals surface area contributed by atoms with Crippen LogP contribution in [0, 0.1) is 0 Å². The SMILES string of the molecule is O=C(NC1CCCCC1)N(CC(=O)N1c2ccccc2-n2cccc2C1c1cccc(Cl)c1)C1CC1. The molecule has 0 saturated heterocycles. The van der Waals surface area contributed by atoms with Crippen molar-refractivity contribution in [1.29, 1.82) is 0 Å². The highest BCUT2D eigenvalue weighted by atomic mass is 35.5. The molecule has 0 bridgehead atoms. The van der Waals surface area contributed by atoms with Crippen LogP contribution in [0.5, 0.6) is 0 Å². The molecule has 3 amide bonds. The Labute approximate surface area is 216 Å². The van der Waals surface area contributed by atoms with Crippen LogP contribution in [0.2, 0.25) is 5.02 Å². The number of carbonyl (C=O) groups is 2. The van der Waals surface area contributed by atoms with Gasteiger partial charge in [-0.05, 0) is 67.6 Å². The molecular weight excluding hydrogens is 472 g/mol. The molecule has 2 heterocycles. The number of amides is 3. The molecule has 186 valence electrons. The molecule has 6 rings (SSSR count). The average molecular weight is 503 g/mol. The van der Waals surface area contributed by atoms with Crippen LogP contribution in [0.3, 0.4) is 0 Å². The fourth-order valence-electron chi connectivity index (χ4n) is 5.73. The number of para-hydroxylation sites is 2. The minimum atomic E-state index is -0.344. The number of fused-ring (bicyclic) bond motifs is 3. The highest BCUT2D eigenvalue weighted by molar-refractivity contribution is 6.30. The highest BCUT2D eigenvalue weighted by Gasteiger charge is 2.40. The van der Waals surface area contributed by atoms with Crippen LogP contribution in [0.25, 0.3) is 5.69 Å². The molecule has 1 aliphatic heterocycles. The van der Waals surface area contributed by atoms with E-state index in [2.05, 4.69) is 16.0 Å². The zero-order valence-corrected chi connectivity index (χ0v) is 21.0. The molecular formula is C29H31ClN4O2. The molecule has 0 spiro atoms. The van der Waals surface area contributed by atoms with Gasteiger partial charge in [0.2, 0.25) is 5.91 Å². The Balaban J connectivity index is 1.34. The zero-order valence-electron chi connectivity index (χ0n) is 20.3. The Morgan fingerprint density at radius 2 is 1.69 bits per heavy atom. The molecule has 1 unspecified atom stereocenters. The first kappa shape index (κ1) is 23.2. The molecule has 2 aliphatic carbocycles. The first-order valence-corrected chi connectivity index (χ1v) is 13.4. The van der Waals surface area contributed by atoms with E-state index in [0.29, 0.717) is 5.02 Å². The van der Waals surface area contributed by atoms with E-state index < -0.39 is 0 Å². The Hall–Kier alpha value is -3.25. The average Bonchev–Trinajstić information content (AvgIpc) is 3.62. The molecule has 1 aromatic heterocycles. The number of nitrogens with zero attached hydrogens (tertiary/aromatic N) is 3. The number of benzene rings is 2. The summed E-state index contributed by atoms with van der Waals surface area (Å²) in [6.07, 6.45) is 9.50. The first-order valence-electron chi connectivity index (χ1n) is 13.0. The number of urea groups is 1. The Morgan fingerprint density at radius 1 is 0.917 bits per heavy atom. The monoisotopic (exact) mass is 502 g/mol. The Bertz CT molecular complexity index is 1280. The van der Waals surface area contributed by atoms with Crippen molar-refractivity contribution in [2.24, 2.45) is 0 Å². The van der Waals surface area contributed by atoms with Crippen molar-refractivity contribution in [2.45, 2.75) is 63.1 Å². The highest BCUT2D eigenvalue weighted by Crippen LogP contribution is 2.43. The number of hydrogen-bond acceptors (Lipinski definition) is 2. The number of hydrogen-bond donors (Lipinski definition) is 1. The maximum absolute atomic E-state index is 14.2. The van der Waals surface area contributed by atoms with E-state index >= 15 is 0 Å². The molecule has 0 radical (unpaired) electrons. The summed E-state index contributed by atoms with van der Waals surface area (Å²) in [6.45, 7) is 0.0509. The molecule has 2 aromatic carbocycles. The second kappa shape index (κ2) is 9.66. The van der Waals surface area contributed by atoms with Crippen LogP contribution in [0.4, 0.5) is 10.5 Å². The standard InChI is InChI=1S/C29H31ClN4O2/c30-21-9-6-8-20(18-21)28-26-14-7-17-32(26)24-12-4-5-13-25(24)34(28)27(35)19-33(23-15-16-23)29(36)31-22-10-2-1-3-11-22/h4-9,12-14,17-18,22-23,28H,1-3,10-11,15-16,19H2,(H,31,36). The molecule has 1 atom stereocenters. The van der Waals surface area contributed by atoms with E-state index in [1.165, 1.54) is 6.42 Å². The molecule has 3 aliphatic rings. The minimum Gasteiger partial charge on any atom is -0.335 e. The summed E-state index contributed by atoms with van der Waals surface area (Å²) in [5.41, 5.74) is 3.72. The van der Waals surface area contributed by atoms with Gasteiger partial charge in [-0.15, -0.1) is 0 Å². The van der Waals surface area contributed by atoms with Gasteiger partial charge in [-0.1, -0.05) is 55.1 Å². The van der Waals surface area contributed by atoms with Crippen LogP contribution >= 0.6 is 11.6 Å². The van der Waals surface area contributed by atoms with Gasteiger partial charge in [-0.3, -0.25) is 9.69 Å². The van der Waals surface area contributed by atoms with Gasteiger partial charge in [-0.2, -0.15) is 0 Å². The van der Waals surface area contributed by atoms with E-state index in [4.69, 9.17) is 11.6 Å². The van der Waals surface area contributed by atoms with E-state index in [1.807, 2.05) is 65.7 Å². The van der Waals surface area contributed by atoms with Gasteiger partial charge in [0, 0.05) is 23.3 Å². The first-order chi connectivity index (χ1) is 17.6. The predicted octanol–water partition coefficient (Wildman–Crippen LogP) is 6.07. The second-order valence-electron chi connectivity index (χ2n) is 10.2. The summed E-state index contributed by atoms with van der Waals surface area (Å²) in [5.74, 6) is -0.0921. The van der Waals surface area contributed by atoms with Crippen molar-refractivity contribution in [3.63, 3.8) is 0 Å². The van der Waals surface area contributed by atoms with Crippen LogP contribution < -0.4 is 10.2 Å². The maximum atomic E-state index is 14.2. The summed E-state index contributed by atoms with van der Waals surface area (Å²) in [7, 11) is 0. The third-order valence-electron chi connectivity index (χ3n) is 7.64. The Morgan fingerprint density at radius 3 is 2.44 bits per heavy atom. The second-order valence-corrected chi connectivity index (χ2v) is 10.6. The van der Waals surface area contributed by atoms with E-state index in [-0.39, 0.29) is 36.6 Å². The summed E-state index contributed by atoms with van der Waals surface area (Å²) in [4.78, 5) is 31.1. The fraction of sp³-hybridized carbons (Fsp3) is 0.379. The molecule has 2 saturated carbocycles. The molecule has 3 aromatic rings. The summed E-state index contributed by atoms with van der Waals surface area (Å²) < 4.78 is 2.14. The van der Waals surface area contributed by atoms with Gasteiger partial charge >= 0.3 is 6.03 Å². The van der Waals surface area contributed by atoms with Crippen molar-refractivity contribution in [3.05, 3.63) is 83.1 Å². The lowest BCUT2D eigenvalue weighted by Gasteiger charge is -2.39. The number of anilines is 1. The smallest absolute Gasteiger partial charge is 0.318 e. The minimum absolute atomic E-state index is 0.0509. The topological polar surface area (TPSA) is 57.6 Å². The Kier molecular flexibility index (Phi) is 6.22. The van der Waals surface area contributed by atoms with Crippen LogP contribution in [-0.2, 0) is 4.79 Å². The number of nitrogens with one attached hydrogen (secondary N) is 1. The van der Waals surface area contributed by atoms with Crippen LogP contribution in [0.1, 0.15) is 62.2 Å². The number of aromatic nitrogens is 1. The van der Waals surface area contributed by atoms with Crippen LogP contribution in [-0.4, -0.2) is 40.0 Å². The lowest BCUT2D eigenvalue weighted by atomic mass is 9.96. The zero-order chi connectivity index (χ0) is 24.6. The largest absolute Gasteiger partial charge is 0.335 e. The summed E-state index contributed by atoms with van der Waals surface area (Å²) in [5, 5.41) is 3.85. The van der Waals surface area contributed by atoms with Gasteiger partial charge in [0.1, 0.15) is 12.6 Å². The third-order valence-corrected chi connectivity index (χ3v) is 7.87. The predicted molar refractivity (Wildman–Crippen MR) is 142 cm³/mol. The van der Waals surface area contributed by atoms with Crippen molar-refractivity contribution in [2.75, 3.05) is 11.4 Å². The molecule has 2 fully saturated rings. The number of rotatable bonds is 5. The summed E-state index contributed by atoms with van der Waals surface area (Å²) in [6, 6.07) is 19.6.